The highest BCUT2D eigenvalue weighted by Gasteiger charge is 2.18. The second-order valence-corrected chi connectivity index (χ2v) is 4.78. The summed E-state index contributed by atoms with van der Waals surface area (Å²) in [5.74, 6) is 0.784. The Balaban J connectivity index is 0.00000139. The van der Waals surface area contributed by atoms with E-state index in [1.165, 1.54) is 6.08 Å². The number of nitrogens with zero attached hydrogens (tertiary/aromatic N) is 1. The minimum Gasteiger partial charge on any atom is -0.508 e. The second kappa shape index (κ2) is 9.23. The van der Waals surface area contributed by atoms with E-state index in [2.05, 4.69) is 23.0 Å². The highest BCUT2D eigenvalue weighted by Crippen LogP contribution is 2.33. The normalized spacial score (nSPS) is 11.6. The van der Waals surface area contributed by atoms with Crippen LogP contribution in [0.5, 0.6) is 5.75 Å². The first kappa shape index (κ1) is 19.1. The maximum absolute atomic E-state index is 10.1. The number of aromatic nitrogens is 2. The number of aliphatic hydroxyl groups is 2. The fourth-order valence-corrected chi connectivity index (χ4v) is 2.34. The number of terminal acetylenes is 1. The van der Waals surface area contributed by atoms with Crippen molar-refractivity contribution in [3.63, 3.8) is 0 Å². The predicted octanol–water partition coefficient (Wildman–Crippen LogP) is 3.48. The van der Waals surface area contributed by atoms with Crippen molar-refractivity contribution in [1.29, 1.82) is 0 Å². The van der Waals surface area contributed by atoms with E-state index in [-0.39, 0.29) is 12.4 Å². The number of H-pyrrole nitrogens is 1. The number of rotatable bonds is 5. The largest absolute Gasteiger partial charge is 0.508 e. The molecule has 0 aliphatic rings. The first-order valence-electron chi connectivity index (χ1n) is 7.32. The highest BCUT2D eigenvalue weighted by atomic mass is 16.5. The van der Waals surface area contributed by atoms with E-state index >= 15 is 0 Å². The fraction of sp³-hybridized carbons (Fsp3) is 0.211. The molecule has 0 atom stereocenters. The lowest BCUT2D eigenvalue weighted by Crippen LogP contribution is -1.94. The summed E-state index contributed by atoms with van der Waals surface area (Å²) in [6.07, 6.45) is 11.1. The van der Waals surface area contributed by atoms with Crippen LogP contribution in [-0.4, -0.2) is 34.1 Å². The van der Waals surface area contributed by atoms with Gasteiger partial charge in [0.05, 0.1) is 13.7 Å². The molecular weight excluding hydrogens is 304 g/mol. The number of allylic oxidation sites excluding steroid dienone is 2. The third-order valence-corrected chi connectivity index (χ3v) is 3.43. The number of methoxy groups -OCH3 is 1. The van der Waals surface area contributed by atoms with E-state index in [0.717, 1.165) is 22.6 Å². The third kappa shape index (κ3) is 4.06. The van der Waals surface area contributed by atoms with Crippen molar-refractivity contribution in [3.05, 3.63) is 53.6 Å². The van der Waals surface area contributed by atoms with Crippen LogP contribution in [0.3, 0.4) is 0 Å². The fourth-order valence-electron chi connectivity index (χ4n) is 2.34. The monoisotopic (exact) mass is 326 g/mol. The summed E-state index contributed by atoms with van der Waals surface area (Å²) >= 11 is 0. The summed E-state index contributed by atoms with van der Waals surface area (Å²) in [5.41, 5.74) is 4.00. The number of ether oxygens (including phenoxy) is 1. The van der Waals surface area contributed by atoms with Gasteiger partial charge in [-0.2, -0.15) is 5.10 Å². The number of aryl methyl sites for hydroxylation is 1. The van der Waals surface area contributed by atoms with E-state index in [1.54, 1.807) is 13.2 Å². The zero-order valence-electron chi connectivity index (χ0n) is 14.1. The van der Waals surface area contributed by atoms with Gasteiger partial charge < -0.3 is 14.9 Å². The van der Waals surface area contributed by atoms with Crippen molar-refractivity contribution in [1.82, 2.24) is 10.2 Å². The molecule has 0 saturated heterocycles. The molecular formula is C19H22N2O3. The van der Waals surface area contributed by atoms with Gasteiger partial charge in [-0.3, -0.25) is 5.10 Å². The zero-order chi connectivity index (χ0) is 18.1. The molecule has 0 fully saturated rings. The molecule has 0 bridgehead atoms. The zero-order valence-corrected chi connectivity index (χ0v) is 14.1. The summed E-state index contributed by atoms with van der Waals surface area (Å²) < 4.78 is 5.17. The number of benzene rings is 1. The standard InChI is InChI=1S/C17H20N2O3.C2H2/c1-4-14(15(21)9-10-20)17-16(11(2)18-19-17)12-5-7-13(22-3)8-6-12;1-2/h4-9,20-21H,10H2,1-3H3,(H,18,19);1-2H/b14-4+,15-9+;. The molecule has 0 radical (unpaired) electrons. The summed E-state index contributed by atoms with van der Waals surface area (Å²) in [7, 11) is 1.62. The lowest BCUT2D eigenvalue weighted by molar-refractivity contribution is 0.333. The molecule has 5 heteroatoms. The molecule has 0 aliphatic heterocycles. The number of hydrogen-bond acceptors (Lipinski definition) is 4. The summed E-state index contributed by atoms with van der Waals surface area (Å²) in [5, 5.41) is 26.3. The summed E-state index contributed by atoms with van der Waals surface area (Å²) in [4.78, 5) is 0. The van der Waals surface area contributed by atoms with Crippen LogP contribution in [0.4, 0.5) is 0 Å². The predicted molar refractivity (Wildman–Crippen MR) is 96.7 cm³/mol. The van der Waals surface area contributed by atoms with Gasteiger partial charge >= 0.3 is 0 Å². The van der Waals surface area contributed by atoms with Crippen LogP contribution in [0, 0.1) is 19.8 Å². The second-order valence-electron chi connectivity index (χ2n) is 4.78. The molecule has 2 aromatic rings. The first-order chi connectivity index (χ1) is 11.6. The SMILES string of the molecule is C#C.C/C=C(\C(O)=C/CO)c1n[nH]c(C)c1-c1ccc(OC)cc1. The van der Waals surface area contributed by atoms with E-state index in [4.69, 9.17) is 9.84 Å². The van der Waals surface area contributed by atoms with E-state index in [9.17, 15) is 5.11 Å². The first-order valence-corrected chi connectivity index (χ1v) is 7.32. The van der Waals surface area contributed by atoms with Crippen molar-refractivity contribution >= 4 is 5.57 Å². The van der Waals surface area contributed by atoms with E-state index in [1.807, 2.05) is 38.1 Å². The maximum Gasteiger partial charge on any atom is 0.123 e. The molecule has 126 valence electrons. The molecule has 0 saturated carbocycles. The van der Waals surface area contributed by atoms with Crippen LogP contribution in [0.1, 0.15) is 18.3 Å². The molecule has 3 N–H and O–H groups in total. The minimum absolute atomic E-state index is 0.00580. The number of aromatic amines is 1. The summed E-state index contributed by atoms with van der Waals surface area (Å²) in [6, 6.07) is 7.65. The van der Waals surface area contributed by atoms with Crippen molar-refractivity contribution in [2.75, 3.05) is 13.7 Å². The van der Waals surface area contributed by atoms with Gasteiger partial charge in [-0.15, -0.1) is 12.8 Å². The lowest BCUT2D eigenvalue weighted by Gasteiger charge is -2.08. The molecule has 0 spiro atoms. The quantitative estimate of drug-likeness (QED) is 0.446. The molecule has 0 amide bonds. The van der Waals surface area contributed by atoms with Crippen molar-refractivity contribution in [2.45, 2.75) is 13.8 Å². The average molecular weight is 326 g/mol. The van der Waals surface area contributed by atoms with Gasteiger partial charge in [-0.1, -0.05) is 18.2 Å². The molecule has 0 unspecified atom stereocenters. The van der Waals surface area contributed by atoms with Crippen LogP contribution in [0.2, 0.25) is 0 Å². The molecule has 1 aromatic carbocycles. The Labute approximate surface area is 142 Å². The van der Waals surface area contributed by atoms with Crippen LogP contribution in [-0.2, 0) is 0 Å². The Bertz CT molecular complexity index is 738. The number of aliphatic hydroxyl groups excluding tert-OH is 2. The molecule has 0 aliphatic carbocycles. The Hall–Kier alpha value is -2.97. The van der Waals surface area contributed by atoms with Crippen molar-refractivity contribution in [3.8, 4) is 29.7 Å². The Morgan fingerprint density at radius 1 is 1.29 bits per heavy atom. The maximum atomic E-state index is 10.1. The van der Waals surface area contributed by atoms with Crippen LogP contribution in [0.25, 0.3) is 16.7 Å². The van der Waals surface area contributed by atoms with Crippen LogP contribution >= 0.6 is 0 Å². The Kier molecular flexibility index (Phi) is 7.34. The average Bonchev–Trinajstić information content (AvgIpc) is 2.99. The molecule has 2 rings (SSSR count). The minimum atomic E-state index is -0.232. The Morgan fingerprint density at radius 2 is 1.92 bits per heavy atom. The highest BCUT2D eigenvalue weighted by molar-refractivity contribution is 5.86. The van der Waals surface area contributed by atoms with Gasteiger partial charge in [-0.05, 0) is 37.6 Å². The molecule has 24 heavy (non-hydrogen) atoms. The van der Waals surface area contributed by atoms with Crippen LogP contribution in [0.15, 0.2) is 42.2 Å². The number of nitrogens with one attached hydrogen (secondary N) is 1. The van der Waals surface area contributed by atoms with E-state index < -0.39 is 0 Å². The van der Waals surface area contributed by atoms with Gasteiger partial charge in [0.25, 0.3) is 0 Å². The van der Waals surface area contributed by atoms with Crippen molar-refractivity contribution < 1.29 is 14.9 Å². The molecule has 1 heterocycles. The van der Waals surface area contributed by atoms with Gasteiger partial charge in [0, 0.05) is 16.8 Å². The smallest absolute Gasteiger partial charge is 0.123 e. The van der Waals surface area contributed by atoms with Gasteiger partial charge in [0.15, 0.2) is 0 Å². The van der Waals surface area contributed by atoms with Gasteiger partial charge in [-0.25, -0.2) is 0 Å². The van der Waals surface area contributed by atoms with Crippen LogP contribution < -0.4 is 4.74 Å². The number of hydrogen-bond donors (Lipinski definition) is 3. The van der Waals surface area contributed by atoms with Gasteiger partial charge in [0.1, 0.15) is 17.2 Å². The topological polar surface area (TPSA) is 78.4 Å². The van der Waals surface area contributed by atoms with Crippen molar-refractivity contribution in [2.24, 2.45) is 0 Å². The Morgan fingerprint density at radius 3 is 2.42 bits per heavy atom. The lowest BCUT2D eigenvalue weighted by atomic mass is 9.98. The molecule has 5 nitrogen and oxygen atoms in total. The van der Waals surface area contributed by atoms with E-state index in [0.29, 0.717) is 11.3 Å². The third-order valence-electron chi connectivity index (χ3n) is 3.43. The van der Waals surface area contributed by atoms with Gasteiger partial charge in [0.2, 0.25) is 0 Å². The summed E-state index contributed by atoms with van der Waals surface area (Å²) in [6.45, 7) is 3.51. The molecule has 1 aromatic heterocycles.